The minimum absolute atomic E-state index is 0. The second-order valence-corrected chi connectivity index (χ2v) is 15.5. The van der Waals surface area contributed by atoms with Crippen molar-refractivity contribution in [2.24, 2.45) is 10.3 Å². The predicted octanol–water partition coefficient (Wildman–Crippen LogP) is 5.00. The molecule has 0 saturated carbocycles. The van der Waals surface area contributed by atoms with Crippen LogP contribution in [-0.4, -0.2) is 29.9 Å². The van der Waals surface area contributed by atoms with E-state index in [1.54, 1.807) is 36.4 Å². The van der Waals surface area contributed by atoms with Gasteiger partial charge in [0.2, 0.25) is 20.0 Å². The summed E-state index contributed by atoms with van der Waals surface area (Å²) in [5.41, 5.74) is 6.24. The molecule has 12 nitrogen and oxygen atoms in total. The zero-order chi connectivity index (χ0) is 37.5. The molecule has 0 aliphatic carbocycles. The van der Waals surface area contributed by atoms with Gasteiger partial charge in [-0.3, -0.25) is 9.59 Å². The number of aryl methyl sites for hydroxylation is 2. The van der Waals surface area contributed by atoms with Crippen molar-refractivity contribution in [3.8, 4) is 0 Å². The van der Waals surface area contributed by atoms with Gasteiger partial charge in [0.1, 0.15) is 11.2 Å². The maximum atomic E-state index is 12.5. The van der Waals surface area contributed by atoms with Crippen LogP contribution < -0.4 is 31.8 Å². The van der Waals surface area contributed by atoms with Crippen molar-refractivity contribution in [3.05, 3.63) is 151 Å². The number of nitrogens with one attached hydrogen (secondary N) is 2. The molecule has 0 aliphatic heterocycles. The molecule has 0 amide bonds. The topological polar surface area (TPSA) is 205 Å². The molecule has 55 heavy (non-hydrogen) atoms. The van der Waals surface area contributed by atoms with Gasteiger partial charge in [0, 0.05) is 24.2 Å². The van der Waals surface area contributed by atoms with E-state index in [1.165, 1.54) is 36.8 Å². The molecule has 0 atom stereocenters. The van der Waals surface area contributed by atoms with Crippen LogP contribution >= 0.6 is 24.8 Å². The molecule has 2 heterocycles. The quantitative estimate of drug-likeness (QED) is 0.0957. The molecular formula is C38H42Cl2N4O8S2Zn+2. The zero-order valence-corrected chi connectivity index (χ0v) is 36.5. The minimum atomic E-state index is -3.67. The van der Waals surface area contributed by atoms with E-state index in [1.807, 2.05) is 38.1 Å². The number of halogens is 2. The number of primary sulfonamides is 2. The molecule has 4 aromatic carbocycles. The first-order valence-electron chi connectivity index (χ1n) is 16.4. The first kappa shape index (κ1) is 47.4. The average Bonchev–Trinajstić information content (AvgIpc) is 3.10. The van der Waals surface area contributed by atoms with Crippen molar-refractivity contribution in [3.63, 3.8) is 0 Å². The summed E-state index contributed by atoms with van der Waals surface area (Å²) in [5, 5.41) is 17.8. The molecule has 0 aliphatic rings. The van der Waals surface area contributed by atoms with Crippen LogP contribution in [-0.2, 0) is 65.5 Å². The Bertz CT molecular complexity index is 2370. The number of rotatable bonds is 12. The number of sulfonamides is 2. The molecule has 0 radical (unpaired) electrons. The third-order valence-electron chi connectivity index (χ3n) is 8.31. The summed E-state index contributed by atoms with van der Waals surface area (Å²) in [7, 11) is -7.33. The van der Waals surface area contributed by atoms with Gasteiger partial charge in [-0.25, -0.2) is 27.1 Å². The molecule has 2 aromatic heterocycles. The number of fused-ring (bicyclic) bond motifs is 2. The summed E-state index contributed by atoms with van der Waals surface area (Å²) in [6, 6.07) is 24.0. The van der Waals surface area contributed by atoms with Crippen LogP contribution in [0.1, 0.15) is 33.4 Å². The molecule has 0 unspecified atom stereocenters. The molecule has 6 aromatic rings. The number of benzene rings is 4. The van der Waals surface area contributed by atoms with E-state index in [0.717, 1.165) is 22.3 Å². The fourth-order valence-electron chi connectivity index (χ4n) is 5.42. The molecule has 0 spiro atoms. The molecule has 0 fully saturated rings. The molecule has 6 rings (SSSR count). The normalized spacial score (nSPS) is 11.1. The SMILES string of the molecule is Cc1ccc2occ(CNCCc3ccc(S(N)(=O)=O)cc3)c(=O)c2c1.Cc1ccc2occ(CNCCc3ccc(S(N)(=O)=O)cc3)c(=O)c2c1.Cl.Cl.[Zn+2]. The fourth-order valence-corrected chi connectivity index (χ4v) is 6.45. The first-order valence-corrected chi connectivity index (χ1v) is 19.5. The third-order valence-corrected chi connectivity index (χ3v) is 10.2. The minimum Gasteiger partial charge on any atom is -0.464 e. The number of hydrogen-bond acceptors (Lipinski definition) is 10. The maximum absolute atomic E-state index is 12.5. The Kier molecular flexibility index (Phi) is 18.1. The van der Waals surface area contributed by atoms with Crippen molar-refractivity contribution in [2.45, 2.75) is 49.6 Å². The fraction of sp³-hybridized carbons (Fsp3) is 0.211. The van der Waals surface area contributed by atoms with Crippen LogP contribution in [0.3, 0.4) is 0 Å². The van der Waals surface area contributed by atoms with Gasteiger partial charge in [-0.2, -0.15) is 0 Å². The van der Waals surface area contributed by atoms with E-state index < -0.39 is 20.0 Å². The van der Waals surface area contributed by atoms with E-state index >= 15 is 0 Å². The van der Waals surface area contributed by atoms with E-state index in [2.05, 4.69) is 10.6 Å². The molecular weight excluding hydrogens is 841 g/mol. The Labute approximate surface area is 344 Å². The summed E-state index contributed by atoms with van der Waals surface area (Å²) in [4.78, 5) is 25.2. The summed E-state index contributed by atoms with van der Waals surface area (Å²) in [5.74, 6) is 0. The maximum Gasteiger partial charge on any atom is 2.00 e. The molecule has 17 heteroatoms. The monoisotopic (exact) mass is 880 g/mol. The van der Waals surface area contributed by atoms with Crippen LogP contribution in [0.15, 0.2) is 126 Å². The smallest absolute Gasteiger partial charge is 0.464 e. The summed E-state index contributed by atoms with van der Waals surface area (Å²) in [6.45, 7) is 5.96. The van der Waals surface area contributed by atoms with Crippen LogP contribution in [0.2, 0.25) is 0 Å². The van der Waals surface area contributed by atoms with Crippen molar-refractivity contribution in [1.29, 1.82) is 0 Å². The van der Waals surface area contributed by atoms with Gasteiger partial charge >= 0.3 is 19.5 Å². The van der Waals surface area contributed by atoms with Gasteiger partial charge in [-0.1, -0.05) is 47.5 Å². The van der Waals surface area contributed by atoms with E-state index in [-0.39, 0.29) is 64.9 Å². The second kappa shape index (κ2) is 21.0. The first-order chi connectivity index (χ1) is 24.7. The van der Waals surface area contributed by atoms with Gasteiger partial charge in [0.25, 0.3) is 0 Å². The van der Waals surface area contributed by atoms with Crippen molar-refractivity contribution >= 4 is 66.8 Å². The Hall–Kier alpha value is -3.76. The zero-order valence-electron chi connectivity index (χ0n) is 30.2. The van der Waals surface area contributed by atoms with Crippen molar-refractivity contribution < 1.29 is 45.1 Å². The van der Waals surface area contributed by atoms with Gasteiger partial charge in [-0.05, 0) is 99.4 Å². The second-order valence-electron chi connectivity index (χ2n) is 12.4. The Morgan fingerprint density at radius 2 is 0.909 bits per heavy atom. The van der Waals surface area contributed by atoms with Crippen molar-refractivity contribution in [2.75, 3.05) is 13.1 Å². The van der Waals surface area contributed by atoms with Gasteiger partial charge in [0.05, 0.1) is 33.1 Å². The van der Waals surface area contributed by atoms with Gasteiger partial charge < -0.3 is 19.5 Å². The number of nitrogens with two attached hydrogens (primary N) is 2. The standard InChI is InChI=1S/2C19H20N2O4S.2ClH.Zn/c2*1-13-2-7-18-17(10-13)19(22)15(12-25-18)11-21-9-8-14-3-5-16(6-4-14)26(20,23)24;;;/h2*2-7,10,12,21H,8-9,11H2,1H3,(H2,20,23,24);2*1H;/q;;;;+2. The number of hydrogen-bond donors (Lipinski definition) is 4. The van der Waals surface area contributed by atoms with E-state index in [0.29, 0.717) is 72.1 Å². The molecule has 0 bridgehead atoms. The van der Waals surface area contributed by atoms with Gasteiger partial charge in [0.15, 0.2) is 10.9 Å². The Balaban J connectivity index is 0.000000360. The Morgan fingerprint density at radius 1 is 0.564 bits per heavy atom. The molecule has 6 N–H and O–H groups in total. The van der Waals surface area contributed by atoms with E-state index in [9.17, 15) is 26.4 Å². The Morgan fingerprint density at radius 3 is 1.24 bits per heavy atom. The van der Waals surface area contributed by atoms with Crippen LogP contribution in [0.5, 0.6) is 0 Å². The van der Waals surface area contributed by atoms with Crippen LogP contribution in [0.4, 0.5) is 0 Å². The summed E-state index contributed by atoms with van der Waals surface area (Å²) >= 11 is 0. The summed E-state index contributed by atoms with van der Waals surface area (Å²) < 4.78 is 56.0. The van der Waals surface area contributed by atoms with E-state index in [4.69, 9.17) is 19.1 Å². The largest absolute Gasteiger partial charge is 2.00 e. The van der Waals surface area contributed by atoms with Gasteiger partial charge in [-0.15, -0.1) is 24.8 Å². The van der Waals surface area contributed by atoms with Crippen LogP contribution in [0, 0.1) is 13.8 Å². The van der Waals surface area contributed by atoms with Crippen LogP contribution in [0.25, 0.3) is 21.9 Å². The molecule has 0 saturated heterocycles. The average molecular weight is 883 g/mol. The predicted molar refractivity (Wildman–Crippen MR) is 215 cm³/mol. The third kappa shape index (κ3) is 13.2. The summed E-state index contributed by atoms with van der Waals surface area (Å²) in [6.07, 6.45) is 4.38. The molecule has 288 valence electrons. The van der Waals surface area contributed by atoms with Crippen molar-refractivity contribution in [1.82, 2.24) is 10.6 Å².